The molecule has 8 heteroatoms. The molecule has 1 aromatic rings. The first-order valence-corrected chi connectivity index (χ1v) is 8.56. The van der Waals surface area contributed by atoms with Crippen molar-refractivity contribution in [3.05, 3.63) is 30.3 Å². The van der Waals surface area contributed by atoms with Crippen molar-refractivity contribution in [2.75, 3.05) is 26.4 Å². The number of para-hydroxylation sites is 1. The number of aliphatic carboxylic acids is 1. The number of ether oxygens (including phenoxy) is 1. The molecular formula is C18H23FN2O5. The fourth-order valence-electron chi connectivity index (χ4n) is 2.80. The molecule has 0 radical (unpaired) electrons. The molecule has 1 fully saturated rings. The lowest BCUT2D eigenvalue weighted by atomic mass is 9.96. The lowest BCUT2D eigenvalue weighted by Crippen LogP contribution is -2.50. The van der Waals surface area contributed by atoms with Crippen LogP contribution in [0.2, 0.25) is 0 Å². The highest BCUT2D eigenvalue weighted by atomic mass is 19.1. The summed E-state index contributed by atoms with van der Waals surface area (Å²) in [6, 6.07) is 7.60. The van der Waals surface area contributed by atoms with Gasteiger partial charge in [-0.3, -0.25) is 9.59 Å². The Morgan fingerprint density at radius 3 is 2.69 bits per heavy atom. The van der Waals surface area contributed by atoms with E-state index in [1.165, 1.54) is 0 Å². The van der Waals surface area contributed by atoms with Crippen molar-refractivity contribution in [3.8, 4) is 5.75 Å². The Kier molecular flexibility index (Phi) is 7.37. The monoisotopic (exact) mass is 366 g/mol. The number of alkyl halides is 1. The van der Waals surface area contributed by atoms with Crippen LogP contribution in [0.15, 0.2) is 30.3 Å². The van der Waals surface area contributed by atoms with E-state index in [0.717, 1.165) is 0 Å². The van der Waals surface area contributed by atoms with Gasteiger partial charge in [-0.1, -0.05) is 18.2 Å². The predicted molar refractivity (Wildman–Crippen MR) is 91.4 cm³/mol. The van der Waals surface area contributed by atoms with Crippen LogP contribution < -0.4 is 10.1 Å². The number of rotatable bonds is 8. The van der Waals surface area contributed by atoms with E-state index in [2.05, 4.69) is 5.32 Å². The molecule has 0 spiro atoms. The minimum Gasteiger partial charge on any atom is -0.493 e. The molecule has 1 aromatic carbocycles. The topological polar surface area (TPSA) is 95.9 Å². The lowest BCUT2D eigenvalue weighted by molar-refractivity contribution is -0.144. The first-order valence-electron chi connectivity index (χ1n) is 8.56. The second-order valence-electron chi connectivity index (χ2n) is 6.14. The Labute approximate surface area is 151 Å². The van der Waals surface area contributed by atoms with Crippen molar-refractivity contribution >= 4 is 17.8 Å². The summed E-state index contributed by atoms with van der Waals surface area (Å²) in [5.41, 5.74) is 0. The molecule has 0 aromatic heterocycles. The zero-order chi connectivity index (χ0) is 18.9. The van der Waals surface area contributed by atoms with Gasteiger partial charge in [0.05, 0.1) is 18.9 Å². The smallest absolute Gasteiger partial charge is 0.328 e. The third-order valence-electron chi connectivity index (χ3n) is 4.24. The van der Waals surface area contributed by atoms with Gasteiger partial charge in [0.25, 0.3) is 0 Å². The summed E-state index contributed by atoms with van der Waals surface area (Å²) in [5.74, 6) is -1.92. The van der Waals surface area contributed by atoms with Crippen LogP contribution in [0.5, 0.6) is 5.75 Å². The number of carboxylic acids is 1. The van der Waals surface area contributed by atoms with E-state index in [1.807, 2.05) is 18.2 Å². The molecule has 26 heavy (non-hydrogen) atoms. The fourth-order valence-corrected chi connectivity index (χ4v) is 2.80. The quantitative estimate of drug-likeness (QED) is 0.722. The third-order valence-corrected chi connectivity index (χ3v) is 4.24. The number of halogens is 1. The number of hydrogen-bond acceptors (Lipinski definition) is 4. The summed E-state index contributed by atoms with van der Waals surface area (Å²) in [4.78, 5) is 36.8. The largest absolute Gasteiger partial charge is 0.493 e. The molecule has 2 rings (SSSR count). The van der Waals surface area contributed by atoms with Crippen LogP contribution >= 0.6 is 0 Å². The maximum atomic E-state index is 12.6. The van der Waals surface area contributed by atoms with Gasteiger partial charge in [0.1, 0.15) is 12.4 Å². The Balaban J connectivity index is 1.80. The van der Waals surface area contributed by atoms with E-state index < -0.39 is 30.5 Å². The molecule has 142 valence electrons. The summed E-state index contributed by atoms with van der Waals surface area (Å²) in [5, 5.41) is 11.0. The van der Waals surface area contributed by atoms with Crippen molar-refractivity contribution < 1.29 is 28.6 Å². The predicted octanol–water partition coefficient (Wildman–Crippen LogP) is 1.23. The number of carbonyl (C=O) groups excluding carboxylic acids is 2. The number of piperidine rings is 1. The number of benzene rings is 1. The van der Waals surface area contributed by atoms with E-state index in [4.69, 9.17) is 9.84 Å². The second kappa shape index (κ2) is 9.74. The highest BCUT2D eigenvalue weighted by Crippen LogP contribution is 2.18. The van der Waals surface area contributed by atoms with E-state index in [9.17, 15) is 18.8 Å². The molecule has 1 heterocycles. The van der Waals surface area contributed by atoms with Crippen molar-refractivity contribution in [3.63, 3.8) is 0 Å². The number of nitrogens with one attached hydrogen (secondary N) is 1. The van der Waals surface area contributed by atoms with Crippen molar-refractivity contribution in [2.24, 2.45) is 5.92 Å². The molecule has 0 aliphatic carbocycles. The summed E-state index contributed by atoms with van der Waals surface area (Å²) in [6.07, 6.45) is 1.36. The van der Waals surface area contributed by atoms with E-state index in [1.54, 1.807) is 17.0 Å². The molecule has 0 saturated carbocycles. The molecule has 2 unspecified atom stereocenters. The summed E-state index contributed by atoms with van der Waals surface area (Å²) >= 11 is 0. The highest BCUT2D eigenvalue weighted by molar-refractivity contribution is 5.86. The Bertz CT molecular complexity index is 625. The SMILES string of the molecule is O=C(NC(CF)C(=O)O)C1CCCN(C(=O)CCOc2ccccc2)C1. The first-order chi connectivity index (χ1) is 12.5. The van der Waals surface area contributed by atoms with Gasteiger partial charge < -0.3 is 20.1 Å². The van der Waals surface area contributed by atoms with Crippen molar-refractivity contribution in [1.82, 2.24) is 10.2 Å². The average Bonchev–Trinajstić information content (AvgIpc) is 2.66. The van der Waals surface area contributed by atoms with Gasteiger partial charge >= 0.3 is 5.97 Å². The maximum absolute atomic E-state index is 12.6. The average molecular weight is 366 g/mol. The zero-order valence-electron chi connectivity index (χ0n) is 14.4. The fraction of sp³-hybridized carbons (Fsp3) is 0.500. The van der Waals surface area contributed by atoms with E-state index >= 15 is 0 Å². The molecule has 2 amide bonds. The molecule has 2 atom stereocenters. The van der Waals surface area contributed by atoms with Crippen LogP contribution in [0.4, 0.5) is 4.39 Å². The third kappa shape index (κ3) is 5.72. The van der Waals surface area contributed by atoms with Gasteiger partial charge in [-0.2, -0.15) is 0 Å². The minimum absolute atomic E-state index is 0.126. The normalized spacial score (nSPS) is 18.0. The molecule has 0 bridgehead atoms. The van der Waals surface area contributed by atoms with Gasteiger partial charge in [0.2, 0.25) is 11.8 Å². The standard InChI is InChI=1S/C18H23FN2O5/c19-11-15(18(24)25)20-17(23)13-5-4-9-21(12-13)16(22)8-10-26-14-6-2-1-3-7-14/h1-3,6-7,13,15H,4-5,8-12H2,(H,20,23)(H,24,25). The Hall–Kier alpha value is -2.64. The molecule has 2 N–H and O–H groups in total. The second-order valence-corrected chi connectivity index (χ2v) is 6.14. The van der Waals surface area contributed by atoms with Gasteiger partial charge in [-0.15, -0.1) is 0 Å². The van der Waals surface area contributed by atoms with Crippen LogP contribution in [0.1, 0.15) is 19.3 Å². The molecule has 7 nitrogen and oxygen atoms in total. The highest BCUT2D eigenvalue weighted by Gasteiger charge is 2.30. The van der Waals surface area contributed by atoms with E-state index in [0.29, 0.717) is 25.1 Å². The summed E-state index contributed by atoms with van der Waals surface area (Å²) in [6.45, 7) is -0.194. The van der Waals surface area contributed by atoms with Crippen LogP contribution in [-0.2, 0) is 14.4 Å². The van der Waals surface area contributed by atoms with Crippen LogP contribution in [0, 0.1) is 5.92 Å². The van der Waals surface area contributed by atoms with Crippen LogP contribution in [0.25, 0.3) is 0 Å². The number of hydrogen-bond donors (Lipinski definition) is 2. The van der Waals surface area contributed by atoms with Gasteiger partial charge in [-0.05, 0) is 25.0 Å². The minimum atomic E-state index is -1.55. The van der Waals surface area contributed by atoms with Crippen molar-refractivity contribution in [1.29, 1.82) is 0 Å². The first kappa shape index (κ1) is 19.7. The summed E-state index contributed by atoms with van der Waals surface area (Å²) in [7, 11) is 0. The molecule has 1 aliphatic heterocycles. The van der Waals surface area contributed by atoms with E-state index in [-0.39, 0.29) is 25.5 Å². The Morgan fingerprint density at radius 2 is 2.04 bits per heavy atom. The maximum Gasteiger partial charge on any atom is 0.328 e. The summed E-state index contributed by atoms with van der Waals surface area (Å²) < 4.78 is 18.1. The Morgan fingerprint density at radius 1 is 1.31 bits per heavy atom. The van der Waals surface area contributed by atoms with Gasteiger partial charge in [0, 0.05) is 13.1 Å². The number of amides is 2. The van der Waals surface area contributed by atoms with Crippen LogP contribution in [0.3, 0.4) is 0 Å². The van der Waals surface area contributed by atoms with Gasteiger partial charge in [0.15, 0.2) is 6.04 Å². The number of likely N-dealkylation sites (tertiary alicyclic amines) is 1. The van der Waals surface area contributed by atoms with Crippen molar-refractivity contribution in [2.45, 2.75) is 25.3 Å². The van der Waals surface area contributed by atoms with Gasteiger partial charge in [-0.25, -0.2) is 9.18 Å². The lowest BCUT2D eigenvalue weighted by Gasteiger charge is -2.32. The molecular weight excluding hydrogens is 343 g/mol. The van der Waals surface area contributed by atoms with Crippen LogP contribution in [-0.4, -0.2) is 60.2 Å². The zero-order valence-corrected chi connectivity index (χ0v) is 14.4. The number of carbonyl (C=O) groups is 3. The number of nitrogens with zero attached hydrogens (tertiary/aromatic N) is 1. The molecule has 1 aliphatic rings. The number of carboxylic acid groups (broad SMARTS) is 1. The molecule has 1 saturated heterocycles.